The Balaban J connectivity index is 1.30. The predicted octanol–water partition coefficient (Wildman–Crippen LogP) is 3.61. The first kappa shape index (κ1) is 19.1. The van der Waals surface area contributed by atoms with Gasteiger partial charge in [0.15, 0.2) is 0 Å². The molecule has 1 aromatic carbocycles. The van der Waals surface area contributed by atoms with E-state index < -0.39 is 0 Å². The van der Waals surface area contributed by atoms with E-state index >= 15 is 0 Å². The molecule has 0 N–H and O–H groups in total. The Morgan fingerprint density at radius 3 is 2.32 bits per heavy atom. The van der Waals surface area contributed by atoms with E-state index in [9.17, 15) is 4.79 Å². The van der Waals surface area contributed by atoms with Gasteiger partial charge in [0, 0.05) is 74.0 Å². The number of piperidine rings is 1. The van der Waals surface area contributed by atoms with Crippen molar-refractivity contribution in [1.82, 2.24) is 9.88 Å². The van der Waals surface area contributed by atoms with Crippen molar-refractivity contribution in [3.63, 3.8) is 0 Å². The molecule has 0 spiro atoms. The van der Waals surface area contributed by atoms with Crippen LogP contribution in [0.15, 0.2) is 42.7 Å². The number of hydrogen-bond acceptors (Lipinski definition) is 4. The molecule has 2 aliphatic heterocycles. The van der Waals surface area contributed by atoms with Gasteiger partial charge in [-0.25, -0.2) is 0 Å². The average Bonchev–Trinajstić information content (AvgIpc) is 2.76. The van der Waals surface area contributed by atoms with Gasteiger partial charge in [-0.3, -0.25) is 9.78 Å². The van der Waals surface area contributed by atoms with Crippen molar-refractivity contribution in [1.29, 1.82) is 0 Å². The molecule has 2 aliphatic rings. The van der Waals surface area contributed by atoms with Crippen molar-refractivity contribution in [3.8, 4) is 0 Å². The number of aryl methyl sites for hydroxylation is 1. The summed E-state index contributed by atoms with van der Waals surface area (Å²) in [5.74, 6) is 0.481. The van der Waals surface area contributed by atoms with Gasteiger partial charge in [0.25, 0.3) is 0 Å². The van der Waals surface area contributed by atoms with Gasteiger partial charge in [0.05, 0.1) is 0 Å². The Morgan fingerprint density at radius 1 is 0.964 bits per heavy atom. The van der Waals surface area contributed by atoms with Crippen molar-refractivity contribution in [2.75, 3.05) is 49.1 Å². The molecule has 0 unspecified atom stereocenters. The van der Waals surface area contributed by atoms with Crippen molar-refractivity contribution in [2.45, 2.75) is 19.8 Å². The molecule has 0 saturated carbocycles. The summed E-state index contributed by atoms with van der Waals surface area (Å²) in [6.07, 6.45) is 5.50. The van der Waals surface area contributed by atoms with E-state index in [1.165, 1.54) is 16.9 Å². The molecule has 2 saturated heterocycles. The lowest BCUT2D eigenvalue weighted by atomic mass is 9.94. The Morgan fingerprint density at radius 2 is 1.64 bits per heavy atom. The first-order valence-electron chi connectivity index (χ1n) is 10.1. The zero-order valence-electron chi connectivity index (χ0n) is 16.4. The van der Waals surface area contributed by atoms with Gasteiger partial charge in [0.2, 0.25) is 5.91 Å². The highest BCUT2D eigenvalue weighted by molar-refractivity contribution is 6.30. The van der Waals surface area contributed by atoms with Crippen LogP contribution >= 0.6 is 11.6 Å². The molecule has 2 fully saturated rings. The fourth-order valence-electron chi connectivity index (χ4n) is 4.29. The van der Waals surface area contributed by atoms with Gasteiger partial charge in [-0.05, 0) is 49.6 Å². The molecule has 3 heterocycles. The van der Waals surface area contributed by atoms with E-state index in [1.54, 1.807) is 0 Å². The molecule has 0 atom stereocenters. The van der Waals surface area contributed by atoms with Crippen LogP contribution in [0.5, 0.6) is 0 Å². The highest BCUT2D eigenvalue weighted by Gasteiger charge is 2.30. The van der Waals surface area contributed by atoms with Crippen molar-refractivity contribution >= 4 is 28.9 Å². The molecule has 28 heavy (non-hydrogen) atoms. The van der Waals surface area contributed by atoms with Crippen LogP contribution < -0.4 is 9.80 Å². The third-order valence-corrected chi connectivity index (χ3v) is 6.21. The van der Waals surface area contributed by atoms with Crippen LogP contribution in [0, 0.1) is 12.8 Å². The summed E-state index contributed by atoms with van der Waals surface area (Å²) >= 11 is 6.17. The standard InChI is InChI=1S/C22H27ClN4O/c1-17-2-3-19(23)16-21(17)26-12-14-27(15-13-26)22(28)18-6-10-25(11-7-18)20-4-8-24-9-5-20/h2-5,8-9,16,18H,6-7,10-15H2,1H3. The zero-order chi connectivity index (χ0) is 19.5. The molecule has 1 amide bonds. The monoisotopic (exact) mass is 398 g/mol. The highest BCUT2D eigenvalue weighted by atomic mass is 35.5. The van der Waals surface area contributed by atoms with Crippen molar-refractivity contribution in [2.24, 2.45) is 5.92 Å². The SMILES string of the molecule is Cc1ccc(Cl)cc1N1CCN(C(=O)C2CCN(c3ccncc3)CC2)CC1. The Labute approximate surface area is 171 Å². The van der Waals surface area contributed by atoms with Crippen LogP contribution in [0.3, 0.4) is 0 Å². The number of hydrogen-bond donors (Lipinski definition) is 0. The average molecular weight is 399 g/mol. The molecular weight excluding hydrogens is 372 g/mol. The van der Waals surface area contributed by atoms with Crippen molar-refractivity contribution in [3.05, 3.63) is 53.3 Å². The molecular formula is C22H27ClN4O. The molecule has 4 rings (SSSR count). The van der Waals surface area contributed by atoms with Crippen LogP contribution in [0.25, 0.3) is 0 Å². The third-order valence-electron chi connectivity index (χ3n) is 5.98. The normalized spacial score (nSPS) is 18.4. The maximum absolute atomic E-state index is 13.0. The third kappa shape index (κ3) is 4.09. The Kier molecular flexibility index (Phi) is 5.72. The fourth-order valence-corrected chi connectivity index (χ4v) is 4.46. The van der Waals surface area contributed by atoms with Crippen LogP contribution in [-0.2, 0) is 4.79 Å². The zero-order valence-corrected chi connectivity index (χ0v) is 17.1. The number of carbonyl (C=O) groups excluding carboxylic acids is 1. The second-order valence-electron chi connectivity index (χ2n) is 7.71. The number of aromatic nitrogens is 1. The highest BCUT2D eigenvalue weighted by Crippen LogP contribution is 2.27. The lowest BCUT2D eigenvalue weighted by molar-refractivity contribution is -0.136. The first-order chi connectivity index (χ1) is 13.6. The predicted molar refractivity (Wildman–Crippen MR) is 114 cm³/mol. The molecule has 1 aromatic heterocycles. The number of anilines is 2. The van der Waals surface area contributed by atoms with Crippen molar-refractivity contribution < 1.29 is 4.79 Å². The van der Waals surface area contributed by atoms with E-state index in [1.807, 2.05) is 36.7 Å². The number of carbonyl (C=O) groups is 1. The van der Waals surface area contributed by atoms with Gasteiger partial charge in [-0.2, -0.15) is 0 Å². The lowest BCUT2D eigenvalue weighted by Crippen LogP contribution is -2.51. The van der Waals surface area contributed by atoms with Crippen LogP contribution in [0.4, 0.5) is 11.4 Å². The Bertz CT molecular complexity index is 813. The second kappa shape index (κ2) is 8.39. The maximum atomic E-state index is 13.0. The Hall–Kier alpha value is -2.27. The van der Waals surface area contributed by atoms with E-state index in [4.69, 9.17) is 11.6 Å². The molecule has 6 heteroatoms. The van der Waals surface area contributed by atoms with E-state index in [0.29, 0.717) is 5.91 Å². The minimum Gasteiger partial charge on any atom is -0.371 e. The maximum Gasteiger partial charge on any atom is 0.225 e. The molecule has 0 radical (unpaired) electrons. The summed E-state index contributed by atoms with van der Waals surface area (Å²) in [6.45, 7) is 7.28. The lowest BCUT2D eigenvalue weighted by Gasteiger charge is -2.40. The largest absolute Gasteiger partial charge is 0.371 e. The number of rotatable bonds is 3. The van der Waals surface area contributed by atoms with Gasteiger partial charge in [-0.15, -0.1) is 0 Å². The number of amides is 1. The van der Waals surface area contributed by atoms with Gasteiger partial charge in [-0.1, -0.05) is 17.7 Å². The first-order valence-corrected chi connectivity index (χ1v) is 10.4. The fraction of sp³-hybridized carbons (Fsp3) is 0.455. The summed E-state index contributed by atoms with van der Waals surface area (Å²) in [5.41, 5.74) is 3.62. The molecule has 2 aromatic rings. The van der Waals surface area contributed by atoms with E-state index in [-0.39, 0.29) is 5.92 Å². The molecule has 0 aliphatic carbocycles. The number of halogens is 1. The smallest absolute Gasteiger partial charge is 0.225 e. The summed E-state index contributed by atoms with van der Waals surface area (Å²) in [5, 5.41) is 0.764. The van der Waals surface area contributed by atoms with Crippen LogP contribution in [0.1, 0.15) is 18.4 Å². The summed E-state index contributed by atoms with van der Waals surface area (Å²) < 4.78 is 0. The minimum atomic E-state index is 0.151. The molecule has 0 bridgehead atoms. The van der Waals surface area contributed by atoms with E-state index in [0.717, 1.165) is 57.1 Å². The summed E-state index contributed by atoms with van der Waals surface area (Å²) in [7, 11) is 0. The second-order valence-corrected chi connectivity index (χ2v) is 8.15. The summed E-state index contributed by atoms with van der Waals surface area (Å²) in [6, 6.07) is 10.1. The van der Waals surface area contributed by atoms with Crippen LogP contribution in [0.2, 0.25) is 5.02 Å². The van der Waals surface area contributed by atoms with E-state index in [2.05, 4.69) is 32.7 Å². The number of nitrogens with zero attached hydrogens (tertiary/aromatic N) is 4. The summed E-state index contributed by atoms with van der Waals surface area (Å²) in [4.78, 5) is 23.9. The number of benzene rings is 1. The molecule has 148 valence electrons. The number of pyridine rings is 1. The van der Waals surface area contributed by atoms with Gasteiger partial charge < -0.3 is 14.7 Å². The number of piperazine rings is 1. The quantitative estimate of drug-likeness (QED) is 0.791. The van der Waals surface area contributed by atoms with Crippen LogP contribution in [-0.4, -0.2) is 55.1 Å². The van der Waals surface area contributed by atoms with Gasteiger partial charge in [0.1, 0.15) is 0 Å². The minimum absolute atomic E-state index is 0.151. The molecule has 5 nitrogen and oxygen atoms in total. The van der Waals surface area contributed by atoms with Gasteiger partial charge >= 0.3 is 0 Å². The topological polar surface area (TPSA) is 39.7 Å².